The molecule has 1 aromatic rings. The Morgan fingerprint density at radius 3 is 2.46 bits per heavy atom. The zero-order chi connectivity index (χ0) is 16.8. The lowest BCUT2D eigenvalue weighted by molar-refractivity contribution is 0.0631. The molecule has 1 aromatic heterocycles. The molecule has 2 N–H and O–H groups in total. The molecule has 1 saturated carbocycles. The molecule has 0 aromatic carbocycles. The molecule has 2 fully saturated rings. The van der Waals surface area contributed by atoms with Gasteiger partial charge in [-0.1, -0.05) is 31.7 Å². The number of hydrogen-bond donors (Lipinski definition) is 2. The van der Waals surface area contributed by atoms with Gasteiger partial charge in [-0.05, 0) is 43.7 Å². The minimum Gasteiger partial charge on any atom is -0.387 e. The highest BCUT2D eigenvalue weighted by Crippen LogP contribution is 2.29. The van der Waals surface area contributed by atoms with E-state index in [2.05, 4.69) is 10.3 Å². The normalized spacial score (nSPS) is 22.0. The molecule has 2 amide bonds. The predicted molar refractivity (Wildman–Crippen MR) is 93.5 cm³/mol. The second kappa shape index (κ2) is 8.47. The monoisotopic (exact) mass is 331 g/mol. The first-order valence-corrected chi connectivity index (χ1v) is 9.38. The van der Waals surface area contributed by atoms with Gasteiger partial charge in [0.25, 0.3) is 0 Å². The van der Waals surface area contributed by atoms with Crippen LogP contribution >= 0.6 is 0 Å². The molecule has 132 valence electrons. The van der Waals surface area contributed by atoms with Gasteiger partial charge in [0.15, 0.2) is 0 Å². The number of pyridine rings is 1. The van der Waals surface area contributed by atoms with E-state index in [4.69, 9.17) is 0 Å². The third-order valence-corrected chi connectivity index (χ3v) is 5.45. The van der Waals surface area contributed by atoms with Gasteiger partial charge in [-0.2, -0.15) is 0 Å². The van der Waals surface area contributed by atoms with E-state index in [-0.39, 0.29) is 11.9 Å². The Morgan fingerprint density at radius 2 is 1.83 bits per heavy atom. The van der Waals surface area contributed by atoms with Gasteiger partial charge in [0.05, 0.1) is 11.8 Å². The summed E-state index contributed by atoms with van der Waals surface area (Å²) < 4.78 is 0. The molecule has 0 radical (unpaired) electrons. The van der Waals surface area contributed by atoms with Gasteiger partial charge in [-0.3, -0.25) is 4.98 Å². The molecule has 3 rings (SSSR count). The smallest absolute Gasteiger partial charge is 0.317 e. The van der Waals surface area contributed by atoms with Crippen molar-refractivity contribution in [3.63, 3.8) is 0 Å². The Balaban J connectivity index is 1.46. The highest BCUT2D eigenvalue weighted by Gasteiger charge is 2.29. The lowest BCUT2D eigenvalue weighted by atomic mass is 9.89. The number of urea groups is 1. The Kier molecular flexibility index (Phi) is 6.07. The zero-order valence-electron chi connectivity index (χ0n) is 14.4. The maximum Gasteiger partial charge on any atom is 0.317 e. The molecule has 2 heterocycles. The van der Waals surface area contributed by atoms with Crippen LogP contribution in [-0.4, -0.2) is 40.2 Å². The highest BCUT2D eigenvalue weighted by molar-refractivity contribution is 5.74. The van der Waals surface area contributed by atoms with Crippen LogP contribution in [0.15, 0.2) is 24.4 Å². The summed E-state index contributed by atoms with van der Waals surface area (Å²) in [5, 5.41) is 13.7. The Bertz CT molecular complexity index is 507. The molecule has 1 aliphatic heterocycles. The number of carbonyl (C=O) groups is 1. The first kappa shape index (κ1) is 17.2. The third kappa shape index (κ3) is 4.47. The summed E-state index contributed by atoms with van der Waals surface area (Å²) in [6, 6.07) is 6.05. The molecule has 2 aliphatic rings. The van der Waals surface area contributed by atoms with Crippen molar-refractivity contribution in [3.8, 4) is 0 Å². The summed E-state index contributed by atoms with van der Waals surface area (Å²) in [5.41, 5.74) is 0.735. The van der Waals surface area contributed by atoms with Crippen LogP contribution in [0.2, 0.25) is 0 Å². The van der Waals surface area contributed by atoms with E-state index in [9.17, 15) is 9.90 Å². The molecule has 5 heteroatoms. The summed E-state index contributed by atoms with van der Waals surface area (Å²) >= 11 is 0. The van der Waals surface area contributed by atoms with Gasteiger partial charge in [0, 0.05) is 25.3 Å². The van der Waals surface area contributed by atoms with E-state index >= 15 is 0 Å². The number of likely N-dealkylation sites (tertiary alicyclic amines) is 1. The van der Waals surface area contributed by atoms with Crippen molar-refractivity contribution in [3.05, 3.63) is 30.1 Å². The summed E-state index contributed by atoms with van der Waals surface area (Å²) in [6.07, 6.45) is 10.1. The third-order valence-electron chi connectivity index (χ3n) is 5.45. The summed E-state index contributed by atoms with van der Waals surface area (Å²) in [5.74, 6) is 0.182. The molecule has 24 heavy (non-hydrogen) atoms. The van der Waals surface area contributed by atoms with Crippen molar-refractivity contribution in [2.24, 2.45) is 5.92 Å². The van der Waals surface area contributed by atoms with E-state index < -0.39 is 6.10 Å². The number of aliphatic hydroxyl groups excluding tert-OH is 1. The van der Waals surface area contributed by atoms with Crippen molar-refractivity contribution in [2.75, 3.05) is 13.1 Å². The SMILES string of the molecule is O=C(NC1CCCCCC1)N1CCC([C@@H](O)c2ccccn2)CC1. The standard InChI is InChI=1S/C19H29N3O2/c23-18(17-9-5-6-12-20-17)15-10-13-22(14-11-15)19(24)21-16-7-3-1-2-4-8-16/h5-6,9,12,15-16,18,23H,1-4,7-8,10-11,13-14H2,(H,21,24)/t18-/m1/s1. The van der Waals surface area contributed by atoms with Gasteiger partial charge in [0.2, 0.25) is 0 Å². The van der Waals surface area contributed by atoms with E-state index in [1.165, 1.54) is 25.7 Å². The average Bonchev–Trinajstić information content (AvgIpc) is 2.90. The first-order chi connectivity index (χ1) is 11.7. The fourth-order valence-corrected chi connectivity index (χ4v) is 3.90. The van der Waals surface area contributed by atoms with E-state index in [0.29, 0.717) is 19.1 Å². The number of piperidine rings is 1. The van der Waals surface area contributed by atoms with Crippen LogP contribution in [0.3, 0.4) is 0 Å². The molecule has 1 aliphatic carbocycles. The average molecular weight is 331 g/mol. The number of hydrogen-bond acceptors (Lipinski definition) is 3. The number of carbonyl (C=O) groups excluding carboxylic acids is 1. The molecule has 0 bridgehead atoms. The molecule has 0 unspecified atom stereocenters. The fourth-order valence-electron chi connectivity index (χ4n) is 3.90. The summed E-state index contributed by atoms with van der Waals surface area (Å²) in [7, 11) is 0. The maximum absolute atomic E-state index is 12.5. The fraction of sp³-hybridized carbons (Fsp3) is 0.684. The topological polar surface area (TPSA) is 65.5 Å². The molecular formula is C19H29N3O2. The van der Waals surface area contributed by atoms with Gasteiger partial charge in [0.1, 0.15) is 0 Å². The van der Waals surface area contributed by atoms with Gasteiger partial charge >= 0.3 is 6.03 Å². The number of nitrogens with zero attached hydrogens (tertiary/aromatic N) is 2. The highest BCUT2D eigenvalue weighted by atomic mass is 16.3. The van der Waals surface area contributed by atoms with Crippen LogP contribution in [0.25, 0.3) is 0 Å². The van der Waals surface area contributed by atoms with Crippen molar-refractivity contribution < 1.29 is 9.90 Å². The van der Waals surface area contributed by atoms with E-state index in [1.54, 1.807) is 6.20 Å². The van der Waals surface area contributed by atoms with Crippen molar-refractivity contribution in [1.82, 2.24) is 15.2 Å². The molecule has 0 spiro atoms. The first-order valence-electron chi connectivity index (χ1n) is 9.38. The number of rotatable bonds is 3. The largest absolute Gasteiger partial charge is 0.387 e. The van der Waals surface area contributed by atoms with Crippen LogP contribution in [-0.2, 0) is 0 Å². The van der Waals surface area contributed by atoms with Crippen molar-refractivity contribution in [1.29, 1.82) is 0 Å². The lowest BCUT2D eigenvalue weighted by Crippen LogP contribution is -2.48. The predicted octanol–water partition coefficient (Wildman–Crippen LogP) is 3.26. The van der Waals surface area contributed by atoms with Crippen LogP contribution < -0.4 is 5.32 Å². The second-order valence-electron chi connectivity index (χ2n) is 7.16. The Hall–Kier alpha value is -1.62. The molecular weight excluding hydrogens is 302 g/mol. The van der Waals surface area contributed by atoms with Crippen molar-refractivity contribution >= 4 is 6.03 Å². The van der Waals surface area contributed by atoms with Gasteiger partial charge < -0.3 is 15.3 Å². The maximum atomic E-state index is 12.5. The summed E-state index contributed by atoms with van der Waals surface area (Å²) in [4.78, 5) is 18.6. The number of aliphatic hydroxyl groups is 1. The van der Waals surface area contributed by atoms with E-state index in [0.717, 1.165) is 31.4 Å². The quantitative estimate of drug-likeness (QED) is 0.836. The van der Waals surface area contributed by atoms with Gasteiger partial charge in [-0.25, -0.2) is 4.79 Å². The minimum atomic E-state index is -0.529. The van der Waals surface area contributed by atoms with E-state index in [1.807, 2.05) is 23.1 Å². The van der Waals surface area contributed by atoms with Crippen LogP contribution in [0.5, 0.6) is 0 Å². The molecule has 1 atom stereocenters. The minimum absolute atomic E-state index is 0.0766. The number of aromatic nitrogens is 1. The van der Waals surface area contributed by atoms with Crippen LogP contribution in [0, 0.1) is 5.92 Å². The zero-order valence-corrected chi connectivity index (χ0v) is 14.4. The van der Waals surface area contributed by atoms with Crippen molar-refractivity contribution in [2.45, 2.75) is 63.5 Å². The molecule has 5 nitrogen and oxygen atoms in total. The lowest BCUT2D eigenvalue weighted by Gasteiger charge is -2.35. The van der Waals surface area contributed by atoms with Gasteiger partial charge in [-0.15, -0.1) is 0 Å². The Labute approximate surface area is 144 Å². The number of amides is 2. The second-order valence-corrected chi connectivity index (χ2v) is 7.16. The Morgan fingerprint density at radius 1 is 1.12 bits per heavy atom. The summed E-state index contributed by atoms with van der Waals surface area (Å²) in [6.45, 7) is 1.43. The van der Waals surface area contributed by atoms with Crippen LogP contribution in [0.4, 0.5) is 4.79 Å². The molecule has 1 saturated heterocycles. The van der Waals surface area contributed by atoms with Crippen LogP contribution in [0.1, 0.15) is 63.2 Å². The number of nitrogens with one attached hydrogen (secondary N) is 1.